The van der Waals surface area contributed by atoms with E-state index in [4.69, 9.17) is 16.3 Å². The summed E-state index contributed by atoms with van der Waals surface area (Å²) in [6.45, 7) is 0. The largest absolute Gasteiger partial charge is 0.508 e. The van der Waals surface area contributed by atoms with Gasteiger partial charge in [-0.15, -0.1) is 0 Å². The predicted molar refractivity (Wildman–Crippen MR) is 150 cm³/mol. The third-order valence-corrected chi connectivity index (χ3v) is 6.75. The van der Waals surface area contributed by atoms with E-state index in [2.05, 4.69) is 10.3 Å². The van der Waals surface area contributed by atoms with Crippen molar-refractivity contribution in [3.8, 4) is 5.75 Å². The van der Waals surface area contributed by atoms with Gasteiger partial charge in [0.05, 0.1) is 25.6 Å². The summed E-state index contributed by atoms with van der Waals surface area (Å²) in [4.78, 5) is 28.4. The second kappa shape index (κ2) is 13.0. The minimum Gasteiger partial charge on any atom is -0.508 e. The number of methoxy groups -OCH3 is 1. The molecule has 9 nitrogen and oxygen atoms in total. The lowest BCUT2D eigenvalue weighted by Gasteiger charge is -2.28. The molecule has 0 radical (unpaired) electrons. The number of aromatic nitrogens is 1. The number of ether oxygens (including phenoxy) is 1. The first-order chi connectivity index (χ1) is 19.6. The van der Waals surface area contributed by atoms with Crippen LogP contribution in [0.15, 0.2) is 84.8 Å². The number of hydrogen-bond donors (Lipinski definition) is 5. The van der Waals surface area contributed by atoms with Crippen molar-refractivity contribution >= 4 is 22.8 Å². The van der Waals surface area contributed by atoms with E-state index in [1.807, 2.05) is 30.5 Å². The van der Waals surface area contributed by atoms with Gasteiger partial charge in [0.25, 0.3) is 5.91 Å². The number of nitrogens with two attached hydrogens (primary N) is 2. The quantitative estimate of drug-likeness (QED) is 0.106. The van der Waals surface area contributed by atoms with Gasteiger partial charge < -0.3 is 30.9 Å². The maximum atomic E-state index is 13.8. The Morgan fingerprint density at radius 2 is 1.80 bits per heavy atom. The number of aromatic hydroxyl groups is 1. The molecule has 7 N–H and O–H groups in total. The molecule has 0 fully saturated rings. The fraction of sp³-hybridized carbons (Fsp3) is 0.200. The van der Waals surface area contributed by atoms with Gasteiger partial charge in [0.2, 0.25) is 0 Å². The standard InChI is InChI=1S/C30H31F2N5O4/c1-41-29(39)15-21(13-20-16-35-27-5-3-2-4-23(20)27)37(34)17-26(33)28(12-18-6-9-22(38)10-7-18)36-30(40)19-8-11-24(31)25(32)14-19/h2-11,14,16-17,21,28,35,38H,12-13,15,33-34H2,1H3,(H,36,40)/b26-17-/t21-,28?/m1/s1. The van der Waals surface area contributed by atoms with Crippen LogP contribution in [0.5, 0.6) is 5.75 Å². The number of H-pyrrole nitrogens is 1. The number of hydrogen-bond acceptors (Lipinski definition) is 7. The number of hydrazine groups is 1. The van der Waals surface area contributed by atoms with Gasteiger partial charge in [-0.1, -0.05) is 30.3 Å². The molecule has 1 aromatic heterocycles. The lowest BCUT2D eigenvalue weighted by Crippen LogP contribution is -2.44. The van der Waals surface area contributed by atoms with Crippen LogP contribution in [0.1, 0.15) is 27.9 Å². The van der Waals surface area contributed by atoms with Crippen LogP contribution in [0.3, 0.4) is 0 Å². The molecule has 1 unspecified atom stereocenters. The summed E-state index contributed by atoms with van der Waals surface area (Å²) in [7, 11) is 1.29. The molecule has 11 heteroatoms. The molecule has 0 bridgehead atoms. The number of nitrogens with zero attached hydrogens (tertiary/aromatic N) is 1. The first kappa shape index (κ1) is 29.1. The molecule has 0 spiro atoms. The first-order valence-corrected chi connectivity index (χ1v) is 12.8. The SMILES string of the molecule is COC(=O)C[C@@H](Cc1c[nH]c2ccccc12)N(N)/C=C(\N)C(Cc1ccc(O)cc1)NC(=O)c1ccc(F)c(F)c1. The molecule has 4 rings (SSSR count). The summed E-state index contributed by atoms with van der Waals surface area (Å²) in [6.07, 6.45) is 3.81. The van der Waals surface area contributed by atoms with Crippen LogP contribution in [-0.4, -0.2) is 46.2 Å². The van der Waals surface area contributed by atoms with E-state index in [1.54, 1.807) is 12.1 Å². The Kier molecular flexibility index (Phi) is 9.20. The van der Waals surface area contributed by atoms with E-state index >= 15 is 0 Å². The fourth-order valence-electron chi connectivity index (χ4n) is 4.48. The third-order valence-electron chi connectivity index (χ3n) is 6.75. The van der Waals surface area contributed by atoms with Crippen LogP contribution in [0.4, 0.5) is 8.78 Å². The van der Waals surface area contributed by atoms with Gasteiger partial charge in [0.15, 0.2) is 11.6 Å². The Balaban J connectivity index is 1.61. The molecule has 0 aliphatic heterocycles. The number of esters is 1. The highest BCUT2D eigenvalue weighted by atomic mass is 19.2. The smallest absolute Gasteiger partial charge is 0.307 e. The van der Waals surface area contributed by atoms with Gasteiger partial charge in [-0.2, -0.15) is 0 Å². The Morgan fingerprint density at radius 3 is 2.51 bits per heavy atom. The molecule has 1 amide bonds. The van der Waals surface area contributed by atoms with Gasteiger partial charge in [-0.25, -0.2) is 14.6 Å². The summed E-state index contributed by atoms with van der Waals surface area (Å²) in [5.74, 6) is 3.11. The number of carbonyl (C=O) groups is 2. The van der Waals surface area contributed by atoms with E-state index in [0.717, 1.165) is 40.2 Å². The number of halogens is 2. The van der Waals surface area contributed by atoms with Crippen LogP contribution >= 0.6 is 0 Å². The van der Waals surface area contributed by atoms with Gasteiger partial charge in [0.1, 0.15) is 5.75 Å². The molecule has 1 heterocycles. The van der Waals surface area contributed by atoms with Gasteiger partial charge in [-0.3, -0.25) is 9.59 Å². The Hall–Kier alpha value is -4.90. The van der Waals surface area contributed by atoms with E-state index in [1.165, 1.54) is 30.5 Å². The fourth-order valence-corrected chi connectivity index (χ4v) is 4.48. The predicted octanol–water partition coefficient (Wildman–Crippen LogP) is 3.64. The number of nitrogens with one attached hydrogen (secondary N) is 2. The van der Waals surface area contributed by atoms with Crippen LogP contribution in [-0.2, 0) is 22.4 Å². The number of amides is 1. The summed E-state index contributed by atoms with van der Waals surface area (Å²) in [5, 5.41) is 14.7. The summed E-state index contributed by atoms with van der Waals surface area (Å²) in [5.41, 5.74) is 9.10. The number of aromatic amines is 1. The summed E-state index contributed by atoms with van der Waals surface area (Å²) in [6, 6.07) is 15.5. The molecule has 0 saturated heterocycles. The highest BCUT2D eigenvalue weighted by Gasteiger charge is 2.23. The van der Waals surface area contributed by atoms with Gasteiger partial charge >= 0.3 is 5.97 Å². The number of carbonyl (C=O) groups excluding carboxylic acids is 2. The molecule has 214 valence electrons. The van der Waals surface area contributed by atoms with E-state index in [0.29, 0.717) is 6.42 Å². The van der Waals surface area contributed by atoms with Crippen molar-refractivity contribution in [2.24, 2.45) is 11.6 Å². The van der Waals surface area contributed by atoms with Crippen LogP contribution in [0.25, 0.3) is 10.9 Å². The van der Waals surface area contributed by atoms with Crippen molar-refractivity contribution in [3.05, 3.63) is 113 Å². The zero-order chi connectivity index (χ0) is 29.5. The maximum Gasteiger partial charge on any atom is 0.307 e. The molecular formula is C30H31F2N5O4. The summed E-state index contributed by atoms with van der Waals surface area (Å²) < 4.78 is 32.1. The third kappa shape index (κ3) is 7.40. The number of benzene rings is 3. The molecule has 4 aromatic rings. The van der Waals surface area contributed by atoms with Crippen molar-refractivity contribution in [3.63, 3.8) is 0 Å². The molecular weight excluding hydrogens is 532 g/mol. The molecule has 41 heavy (non-hydrogen) atoms. The Morgan fingerprint density at radius 1 is 1.07 bits per heavy atom. The highest BCUT2D eigenvalue weighted by molar-refractivity contribution is 5.94. The van der Waals surface area contributed by atoms with Crippen LogP contribution < -0.4 is 16.9 Å². The van der Waals surface area contributed by atoms with Crippen molar-refractivity contribution in [2.45, 2.75) is 31.3 Å². The number of fused-ring (bicyclic) bond motifs is 1. The Bertz CT molecular complexity index is 1550. The first-order valence-electron chi connectivity index (χ1n) is 12.8. The van der Waals surface area contributed by atoms with Crippen molar-refractivity contribution in [2.75, 3.05) is 7.11 Å². The number of para-hydroxylation sites is 1. The molecule has 0 aliphatic carbocycles. The van der Waals surface area contributed by atoms with Crippen molar-refractivity contribution < 1.29 is 28.2 Å². The summed E-state index contributed by atoms with van der Waals surface area (Å²) >= 11 is 0. The normalized spacial score (nSPS) is 13.0. The van der Waals surface area contributed by atoms with Crippen molar-refractivity contribution in [1.82, 2.24) is 15.3 Å². The highest BCUT2D eigenvalue weighted by Crippen LogP contribution is 2.22. The second-order valence-corrected chi connectivity index (χ2v) is 9.60. The minimum absolute atomic E-state index is 0.0415. The number of rotatable bonds is 11. The second-order valence-electron chi connectivity index (χ2n) is 9.60. The van der Waals surface area contributed by atoms with Crippen molar-refractivity contribution in [1.29, 1.82) is 0 Å². The van der Waals surface area contributed by atoms with E-state index in [9.17, 15) is 23.5 Å². The number of phenolic OH excluding ortho intramolecular Hbond substituents is 1. The lowest BCUT2D eigenvalue weighted by atomic mass is 10.0. The average Bonchev–Trinajstić information content (AvgIpc) is 3.37. The van der Waals surface area contributed by atoms with Crippen LogP contribution in [0, 0.1) is 11.6 Å². The molecule has 2 atom stereocenters. The topological polar surface area (TPSA) is 147 Å². The van der Waals surface area contributed by atoms with Gasteiger partial charge in [0, 0.05) is 34.6 Å². The molecule has 0 aliphatic rings. The lowest BCUT2D eigenvalue weighted by molar-refractivity contribution is -0.141. The maximum absolute atomic E-state index is 13.8. The average molecular weight is 564 g/mol. The van der Waals surface area contributed by atoms with Crippen LogP contribution in [0.2, 0.25) is 0 Å². The Labute approximate surface area is 235 Å². The monoisotopic (exact) mass is 563 g/mol. The van der Waals surface area contributed by atoms with E-state index < -0.39 is 35.6 Å². The molecule has 3 aromatic carbocycles. The van der Waals surface area contributed by atoms with E-state index in [-0.39, 0.29) is 29.9 Å². The van der Waals surface area contributed by atoms with Gasteiger partial charge in [-0.05, 0) is 60.4 Å². The zero-order valence-electron chi connectivity index (χ0n) is 22.3. The zero-order valence-corrected chi connectivity index (χ0v) is 22.3. The minimum atomic E-state index is -1.16. The number of phenols is 1. The molecule has 0 saturated carbocycles.